The Morgan fingerprint density at radius 3 is 2.89 bits per heavy atom. The van der Waals surface area contributed by atoms with Crippen molar-refractivity contribution in [3.63, 3.8) is 0 Å². The molecule has 1 atom stereocenters. The molecule has 0 saturated heterocycles. The first kappa shape index (κ1) is 14.0. The van der Waals surface area contributed by atoms with Crippen LogP contribution < -0.4 is 5.32 Å². The van der Waals surface area contributed by atoms with E-state index in [1.807, 2.05) is 17.5 Å². The number of halogens is 1. The third-order valence-electron chi connectivity index (χ3n) is 2.59. The Morgan fingerprint density at radius 2 is 2.26 bits per heavy atom. The lowest BCUT2D eigenvalue weighted by molar-refractivity contribution is 0.0555. The number of aromatic nitrogens is 1. The molecule has 2 aromatic heterocycles. The first-order chi connectivity index (χ1) is 8.99. The highest BCUT2D eigenvalue weighted by Gasteiger charge is 2.25. The van der Waals surface area contributed by atoms with E-state index in [-0.39, 0.29) is 23.3 Å². The lowest BCUT2D eigenvalue weighted by Gasteiger charge is -2.22. The maximum Gasteiger partial charge on any atom is 0.270 e. The SMILES string of the molecule is CC(O)(CNC(=O)c1cccc(Cl)n1)c1cccs1. The van der Waals surface area contributed by atoms with Gasteiger partial charge < -0.3 is 10.4 Å². The summed E-state index contributed by atoms with van der Waals surface area (Å²) < 4.78 is 0. The van der Waals surface area contributed by atoms with Gasteiger partial charge in [0.2, 0.25) is 0 Å². The van der Waals surface area contributed by atoms with E-state index in [1.165, 1.54) is 11.3 Å². The number of hydrogen-bond donors (Lipinski definition) is 2. The molecule has 1 amide bonds. The maximum atomic E-state index is 11.9. The highest BCUT2D eigenvalue weighted by Crippen LogP contribution is 2.24. The Hall–Kier alpha value is -1.43. The zero-order valence-electron chi connectivity index (χ0n) is 10.3. The number of nitrogens with one attached hydrogen (secondary N) is 1. The van der Waals surface area contributed by atoms with Crippen LogP contribution in [0.5, 0.6) is 0 Å². The summed E-state index contributed by atoms with van der Waals surface area (Å²) in [5, 5.41) is 15.1. The van der Waals surface area contributed by atoms with Crippen molar-refractivity contribution in [2.45, 2.75) is 12.5 Å². The van der Waals surface area contributed by atoms with Gasteiger partial charge in [0.1, 0.15) is 16.4 Å². The minimum atomic E-state index is -1.09. The predicted molar refractivity (Wildman–Crippen MR) is 75.5 cm³/mol. The number of rotatable bonds is 4. The van der Waals surface area contributed by atoms with E-state index >= 15 is 0 Å². The molecule has 0 aliphatic carbocycles. The number of pyridine rings is 1. The van der Waals surface area contributed by atoms with Crippen LogP contribution in [0.2, 0.25) is 5.15 Å². The molecule has 100 valence electrons. The highest BCUT2D eigenvalue weighted by atomic mass is 35.5. The fourth-order valence-electron chi connectivity index (χ4n) is 1.55. The van der Waals surface area contributed by atoms with E-state index in [4.69, 9.17) is 11.6 Å². The maximum absolute atomic E-state index is 11.9. The topological polar surface area (TPSA) is 62.2 Å². The van der Waals surface area contributed by atoms with Crippen molar-refractivity contribution in [1.82, 2.24) is 10.3 Å². The van der Waals surface area contributed by atoms with Crippen molar-refractivity contribution in [2.75, 3.05) is 6.54 Å². The molecule has 2 aromatic rings. The first-order valence-electron chi connectivity index (χ1n) is 5.66. The average Bonchev–Trinajstić information content (AvgIpc) is 2.90. The van der Waals surface area contributed by atoms with E-state index in [2.05, 4.69) is 10.3 Å². The predicted octanol–water partition coefficient (Wildman–Crippen LogP) is 2.43. The summed E-state index contributed by atoms with van der Waals surface area (Å²) >= 11 is 7.16. The van der Waals surface area contributed by atoms with Crippen LogP contribution in [0.4, 0.5) is 0 Å². The van der Waals surface area contributed by atoms with Gasteiger partial charge in [-0.2, -0.15) is 0 Å². The number of thiophene rings is 1. The third-order valence-corrected chi connectivity index (χ3v) is 3.93. The Balaban J connectivity index is 2.01. The standard InChI is InChI=1S/C13H13ClN2O2S/c1-13(18,10-5-3-7-19-10)8-15-12(17)9-4-2-6-11(14)16-9/h2-7,18H,8H2,1H3,(H,15,17). The summed E-state index contributed by atoms with van der Waals surface area (Å²) in [6.45, 7) is 1.77. The number of aliphatic hydroxyl groups is 1. The van der Waals surface area contributed by atoms with Crippen LogP contribution in [0.25, 0.3) is 0 Å². The van der Waals surface area contributed by atoms with E-state index < -0.39 is 5.60 Å². The quantitative estimate of drug-likeness (QED) is 0.852. The fraction of sp³-hybridized carbons (Fsp3) is 0.231. The van der Waals surface area contributed by atoms with Crippen molar-refractivity contribution < 1.29 is 9.90 Å². The molecule has 0 radical (unpaired) electrons. The van der Waals surface area contributed by atoms with Gasteiger partial charge in [0.05, 0.1) is 6.54 Å². The van der Waals surface area contributed by atoms with Gasteiger partial charge in [-0.25, -0.2) is 4.98 Å². The summed E-state index contributed by atoms with van der Waals surface area (Å²) in [5.74, 6) is -0.362. The summed E-state index contributed by atoms with van der Waals surface area (Å²) in [6, 6.07) is 8.51. The summed E-state index contributed by atoms with van der Waals surface area (Å²) in [7, 11) is 0. The van der Waals surface area contributed by atoms with E-state index in [0.717, 1.165) is 4.88 Å². The minimum absolute atomic E-state index is 0.112. The monoisotopic (exact) mass is 296 g/mol. The van der Waals surface area contributed by atoms with Crippen molar-refractivity contribution >= 4 is 28.8 Å². The molecule has 0 saturated carbocycles. The molecule has 0 aliphatic rings. The van der Waals surface area contributed by atoms with Crippen LogP contribution in [-0.4, -0.2) is 22.5 Å². The molecule has 0 aliphatic heterocycles. The number of carbonyl (C=O) groups is 1. The highest BCUT2D eigenvalue weighted by molar-refractivity contribution is 7.10. The Kier molecular flexibility index (Phi) is 4.19. The second-order valence-electron chi connectivity index (χ2n) is 4.28. The number of hydrogen-bond acceptors (Lipinski definition) is 4. The molecule has 2 N–H and O–H groups in total. The minimum Gasteiger partial charge on any atom is -0.383 e. The van der Waals surface area contributed by atoms with Crippen LogP contribution in [0.1, 0.15) is 22.3 Å². The van der Waals surface area contributed by atoms with Gasteiger partial charge in [-0.15, -0.1) is 11.3 Å². The molecular formula is C13H13ClN2O2S. The molecule has 6 heteroatoms. The van der Waals surface area contributed by atoms with Gasteiger partial charge in [-0.3, -0.25) is 4.79 Å². The molecular weight excluding hydrogens is 284 g/mol. The van der Waals surface area contributed by atoms with E-state index in [1.54, 1.807) is 25.1 Å². The largest absolute Gasteiger partial charge is 0.383 e. The summed E-state index contributed by atoms with van der Waals surface area (Å²) in [5.41, 5.74) is -0.864. The average molecular weight is 297 g/mol. The van der Waals surface area contributed by atoms with Crippen molar-refractivity contribution in [2.24, 2.45) is 0 Å². The van der Waals surface area contributed by atoms with Crippen LogP contribution in [0.3, 0.4) is 0 Å². The van der Waals surface area contributed by atoms with Gasteiger partial charge in [0, 0.05) is 4.88 Å². The van der Waals surface area contributed by atoms with Gasteiger partial charge in [0.25, 0.3) is 5.91 Å². The lowest BCUT2D eigenvalue weighted by atomic mass is 10.1. The Bertz CT molecular complexity index is 570. The zero-order chi connectivity index (χ0) is 13.9. The van der Waals surface area contributed by atoms with Crippen molar-refractivity contribution in [3.8, 4) is 0 Å². The molecule has 4 nitrogen and oxygen atoms in total. The fourth-order valence-corrected chi connectivity index (χ4v) is 2.50. The molecule has 0 spiro atoms. The van der Waals surface area contributed by atoms with Crippen molar-refractivity contribution in [1.29, 1.82) is 0 Å². The van der Waals surface area contributed by atoms with Crippen molar-refractivity contribution in [3.05, 3.63) is 51.4 Å². The van der Waals surface area contributed by atoms with E-state index in [0.29, 0.717) is 0 Å². The number of carbonyl (C=O) groups excluding carboxylic acids is 1. The number of amides is 1. The van der Waals surface area contributed by atoms with Crippen LogP contribution in [0.15, 0.2) is 35.7 Å². The molecule has 19 heavy (non-hydrogen) atoms. The molecule has 2 heterocycles. The third kappa shape index (κ3) is 3.53. The van der Waals surface area contributed by atoms with E-state index in [9.17, 15) is 9.90 Å². The van der Waals surface area contributed by atoms with Crippen LogP contribution >= 0.6 is 22.9 Å². The Labute approximate surface area is 120 Å². The molecule has 2 rings (SSSR count). The van der Waals surface area contributed by atoms with Crippen LogP contribution in [0, 0.1) is 0 Å². The van der Waals surface area contributed by atoms with Gasteiger partial charge in [-0.1, -0.05) is 23.7 Å². The van der Waals surface area contributed by atoms with Crippen LogP contribution in [-0.2, 0) is 5.60 Å². The first-order valence-corrected chi connectivity index (χ1v) is 6.92. The van der Waals surface area contributed by atoms with Gasteiger partial charge in [0.15, 0.2) is 0 Å². The molecule has 0 aromatic carbocycles. The second-order valence-corrected chi connectivity index (χ2v) is 5.61. The molecule has 0 fully saturated rings. The summed E-state index contributed by atoms with van der Waals surface area (Å²) in [6.07, 6.45) is 0. The zero-order valence-corrected chi connectivity index (χ0v) is 11.8. The van der Waals surface area contributed by atoms with Gasteiger partial charge >= 0.3 is 0 Å². The second kappa shape index (κ2) is 5.69. The Morgan fingerprint density at radius 1 is 1.47 bits per heavy atom. The smallest absolute Gasteiger partial charge is 0.270 e. The number of nitrogens with zero attached hydrogens (tertiary/aromatic N) is 1. The lowest BCUT2D eigenvalue weighted by Crippen LogP contribution is -2.38. The van der Waals surface area contributed by atoms with Gasteiger partial charge in [-0.05, 0) is 30.5 Å². The normalized spacial score (nSPS) is 13.8. The summed E-state index contributed by atoms with van der Waals surface area (Å²) in [4.78, 5) is 16.6. The molecule has 0 bridgehead atoms. The molecule has 1 unspecified atom stereocenters.